The van der Waals surface area contributed by atoms with Crippen LogP contribution in [0.4, 0.5) is 4.79 Å². The number of urea groups is 1. The van der Waals surface area contributed by atoms with Gasteiger partial charge in [0.1, 0.15) is 0 Å². The summed E-state index contributed by atoms with van der Waals surface area (Å²) in [5, 5.41) is 6.12. The van der Waals surface area contributed by atoms with Crippen molar-refractivity contribution in [3.63, 3.8) is 0 Å². The van der Waals surface area contributed by atoms with E-state index in [1.165, 1.54) is 44.9 Å². The Morgan fingerprint density at radius 1 is 1.11 bits per heavy atom. The average molecular weight is 267 g/mol. The van der Waals surface area contributed by atoms with Crippen molar-refractivity contribution in [2.24, 2.45) is 11.1 Å². The predicted octanol–water partition coefficient (Wildman–Crippen LogP) is 2.53. The molecule has 2 fully saturated rings. The van der Waals surface area contributed by atoms with Crippen LogP contribution in [0.5, 0.6) is 0 Å². The zero-order chi connectivity index (χ0) is 13.6. The molecule has 0 saturated heterocycles. The van der Waals surface area contributed by atoms with Crippen LogP contribution < -0.4 is 16.4 Å². The number of carbonyl (C=O) groups is 1. The molecule has 2 aliphatic rings. The van der Waals surface area contributed by atoms with E-state index in [4.69, 9.17) is 5.73 Å². The minimum atomic E-state index is 0.0124. The van der Waals surface area contributed by atoms with Crippen molar-refractivity contribution < 1.29 is 4.79 Å². The van der Waals surface area contributed by atoms with Crippen LogP contribution in [0.3, 0.4) is 0 Å². The summed E-state index contributed by atoms with van der Waals surface area (Å²) < 4.78 is 0. The van der Waals surface area contributed by atoms with Crippen molar-refractivity contribution in [2.45, 2.75) is 70.3 Å². The normalized spacial score (nSPS) is 23.2. The molecule has 0 aromatic heterocycles. The zero-order valence-corrected chi connectivity index (χ0v) is 12.0. The lowest BCUT2D eigenvalue weighted by Crippen LogP contribution is -2.43. The van der Waals surface area contributed by atoms with Gasteiger partial charge >= 0.3 is 6.03 Å². The zero-order valence-electron chi connectivity index (χ0n) is 12.0. The van der Waals surface area contributed by atoms with E-state index in [0.717, 1.165) is 32.4 Å². The minimum absolute atomic E-state index is 0.0124. The highest BCUT2D eigenvalue weighted by Gasteiger charge is 2.40. The summed E-state index contributed by atoms with van der Waals surface area (Å²) in [6.07, 6.45) is 12.3. The lowest BCUT2D eigenvalue weighted by molar-refractivity contribution is 0.233. The van der Waals surface area contributed by atoms with E-state index >= 15 is 0 Å². The molecule has 2 amide bonds. The Balaban J connectivity index is 1.60. The number of carbonyl (C=O) groups excluding carboxylic acids is 1. The quantitative estimate of drug-likeness (QED) is 0.716. The summed E-state index contributed by atoms with van der Waals surface area (Å²) in [7, 11) is 0. The van der Waals surface area contributed by atoms with Crippen molar-refractivity contribution in [1.82, 2.24) is 10.6 Å². The summed E-state index contributed by atoms with van der Waals surface area (Å²) in [5.41, 5.74) is 6.09. The van der Waals surface area contributed by atoms with E-state index in [-0.39, 0.29) is 6.03 Å². The highest BCUT2D eigenvalue weighted by molar-refractivity contribution is 5.74. The van der Waals surface area contributed by atoms with E-state index in [1.807, 2.05) is 0 Å². The SMILES string of the molecule is NCC1(CCNC(=O)NC2CCCCCCC2)CC1. The second kappa shape index (κ2) is 7.13. The molecule has 4 heteroatoms. The molecule has 4 N–H and O–H groups in total. The molecule has 19 heavy (non-hydrogen) atoms. The Bertz CT molecular complexity index is 281. The van der Waals surface area contributed by atoms with E-state index in [9.17, 15) is 4.79 Å². The fourth-order valence-electron chi connectivity index (χ4n) is 3.01. The molecule has 0 aromatic carbocycles. The van der Waals surface area contributed by atoms with Crippen LogP contribution in [0, 0.1) is 5.41 Å². The van der Waals surface area contributed by atoms with Crippen LogP contribution in [-0.2, 0) is 0 Å². The van der Waals surface area contributed by atoms with Crippen molar-refractivity contribution in [3.05, 3.63) is 0 Å². The summed E-state index contributed by atoms with van der Waals surface area (Å²) in [6.45, 7) is 1.52. The van der Waals surface area contributed by atoms with Gasteiger partial charge in [-0.2, -0.15) is 0 Å². The molecule has 110 valence electrons. The van der Waals surface area contributed by atoms with E-state index in [0.29, 0.717) is 11.5 Å². The number of hydrogen-bond donors (Lipinski definition) is 3. The minimum Gasteiger partial charge on any atom is -0.338 e. The Morgan fingerprint density at radius 2 is 1.74 bits per heavy atom. The smallest absolute Gasteiger partial charge is 0.315 e. The molecule has 0 bridgehead atoms. The summed E-state index contributed by atoms with van der Waals surface area (Å²) in [4.78, 5) is 11.9. The van der Waals surface area contributed by atoms with Crippen molar-refractivity contribution in [3.8, 4) is 0 Å². The van der Waals surface area contributed by atoms with Gasteiger partial charge in [-0.15, -0.1) is 0 Å². The Morgan fingerprint density at radius 3 is 2.32 bits per heavy atom. The maximum atomic E-state index is 11.9. The third kappa shape index (κ3) is 5.01. The van der Waals surface area contributed by atoms with E-state index in [2.05, 4.69) is 10.6 Å². The molecule has 2 aliphatic carbocycles. The topological polar surface area (TPSA) is 67.1 Å². The van der Waals surface area contributed by atoms with Gasteiger partial charge in [0, 0.05) is 12.6 Å². The highest BCUT2D eigenvalue weighted by Crippen LogP contribution is 2.47. The first-order chi connectivity index (χ1) is 9.24. The first-order valence-electron chi connectivity index (χ1n) is 7.99. The van der Waals surface area contributed by atoms with Crippen LogP contribution in [0.1, 0.15) is 64.2 Å². The molecule has 0 unspecified atom stereocenters. The lowest BCUT2D eigenvalue weighted by atomic mass is 9.97. The Hall–Kier alpha value is -0.770. The van der Waals surface area contributed by atoms with Gasteiger partial charge in [-0.1, -0.05) is 32.1 Å². The maximum Gasteiger partial charge on any atom is 0.315 e. The molecular formula is C15H29N3O. The third-order valence-electron chi connectivity index (χ3n) is 4.77. The number of rotatable bonds is 5. The summed E-state index contributed by atoms with van der Waals surface area (Å²) >= 11 is 0. The van der Waals surface area contributed by atoms with Crippen LogP contribution in [0.2, 0.25) is 0 Å². The fourth-order valence-corrected chi connectivity index (χ4v) is 3.01. The first-order valence-corrected chi connectivity index (χ1v) is 7.99. The van der Waals surface area contributed by atoms with Gasteiger partial charge in [0.05, 0.1) is 0 Å². The number of amides is 2. The van der Waals surface area contributed by atoms with Crippen molar-refractivity contribution >= 4 is 6.03 Å². The monoisotopic (exact) mass is 267 g/mol. The van der Waals surface area contributed by atoms with Crippen LogP contribution >= 0.6 is 0 Å². The molecule has 4 nitrogen and oxygen atoms in total. The average Bonchev–Trinajstić information content (AvgIpc) is 3.13. The van der Waals surface area contributed by atoms with Crippen LogP contribution in [0.25, 0.3) is 0 Å². The molecule has 0 aromatic rings. The van der Waals surface area contributed by atoms with Crippen molar-refractivity contribution in [2.75, 3.05) is 13.1 Å². The second-order valence-corrected chi connectivity index (χ2v) is 6.40. The van der Waals surface area contributed by atoms with Crippen LogP contribution in [-0.4, -0.2) is 25.2 Å². The van der Waals surface area contributed by atoms with Gasteiger partial charge in [-0.05, 0) is 44.1 Å². The van der Waals surface area contributed by atoms with Gasteiger partial charge in [-0.3, -0.25) is 0 Å². The fraction of sp³-hybridized carbons (Fsp3) is 0.933. The number of nitrogens with one attached hydrogen (secondary N) is 2. The largest absolute Gasteiger partial charge is 0.338 e. The molecule has 0 heterocycles. The van der Waals surface area contributed by atoms with E-state index < -0.39 is 0 Å². The Kier molecular flexibility index (Phi) is 5.49. The third-order valence-corrected chi connectivity index (χ3v) is 4.77. The molecule has 2 saturated carbocycles. The summed E-state index contributed by atoms with van der Waals surface area (Å²) in [6, 6.07) is 0.392. The predicted molar refractivity (Wildman–Crippen MR) is 78.0 cm³/mol. The molecule has 2 rings (SSSR count). The van der Waals surface area contributed by atoms with E-state index in [1.54, 1.807) is 0 Å². The first kappa shape index (κ1) is 14.6. The number of hydrogen-bond acceptors (Lipinski definition) is 2. The highest BCUT2D eigenvalue weighted by atomic mass is 16.2. The molecule has 0 atom stereocenters. The Labute approximate surface area is 116 Å². The summed E-state index contributed by atoms with van der Waals surface area (Å²) in [5.74, 6) is 0. The van der Waals surface area contributed by atoms with Crippen LogP contribution in [0.15, 0.2) is 0 Å². The molecule has 0 radical (unpaired) electrons. The van der Waals surface area contributed by atoms with Gasteiger partial charge in [0.15, 0.2) is 0 Å². The molecule has 0 aliphatic heterocycles. The lowest BCUT2D eigenvalue weighted by Gasteiger charge is -2.21. The van der Waals surface area contributed by atoms with Crippen molar-refractivity contribution in [1.29, 1.82) is 0 Å². The van der Waals surface area contributed by atoms with Gasteiger partial charge < -0.3 is 16.4 Å². The number of nitrogens with two attached hydrogens (primary N) is 1. The second-order valence-electron chi connectivity index (χ2n) is 6.40. The van der Waals surface area contributed by atoms with Gasteiger partial charge in [-0.25, -0.2) is 4.79 Å². The maximum absolute atomic E-state index is 11.9. The standard InChI is InChI=1S/C15H29N3O/c16-12-15(8-9-15)10-11-17-14(19)18-13-6-4-2-1-3-5-7-13/h13H,1-12,16H2,(H2,17,18,19). The van der Waals surface area contributed by atoms with Gasteiger partial charge in [0.25, 0.3) is 0 Å². The molecular weight excluding hydrogens is 238 g/mol. The molecule has 0 spiro atoms. The van der Waals surface area contributed by atoms with Gasteiger partial charge in [0.2, 0.25) is 0 Å².